The monoisotopic (exact) mass is 221 g/mol. The van der Waals surface area contributed by atoms with Gasteiger partial charge >= 0.3 is 0 Å². The van der Waals surface area contributed by atoms with Crippen LogP contribution >= 0.6 is 0 Å². The van der Waals surface area contributed by atoms with Crippen LogP contribution in [0.25, 0.3) is 0 Å². The second-order valence-corrected chi connectivity index (χ2v) is 4.11. The zero-order valence-electron chi connectivity index (χ0n) is 10.9. The molecule has 0 saturated heterocycles. The van der Waals surface area contributed by atoms with Crippen molar-refractivity contribution in [3.8, 4) is 0 Å². The molecule has 0 aliphatic rings. The Morgan fingerprint density at radius 3 is 2.62 bits per heavy atom. The predicted molar refractivity (Wildman–Crippen MR) is 69.9 cm³/mol. The lowest BCUT2D eigenvalue weighted by molar-refractivity contribution is 0.720. The van der Waals surface area contributed by atoms with Crippen molar-refractivity contribution in [2.75, 3.05) is 18.4 Å². The zero-order valence-corrected chi connectivity index (χ0v) is 10.9. The molecule has 1 aromatic heterocycles. The van der Waals surface area contributed by atoms with E-state index in [1.807, 2.05) is 6.92 Å². The Bertz CT molecular complexity index is 334. The van der Waals surface area contributed by atoms with Crippen molar-refractivity contribution in [1.82, 2.24) is 10.3 Å². The molecule has 0 aromatic carbocycles. The fourth-order valence-corrected chi connectivity index (χ4v) is 1.73. The summed E-state index contributed by atoms with van der Waals surface area (Å²) in [6.45, 7) is 11.3. The van der Waals surface area contributed by atoms with E-state index in [4.69, 9.17) is 0 Å². The molecule has 90 valence electrons. The SMILES string of the molecule is CCCNc1nc(C)cc(C)c1CNCC. The third-order valence-electron chi connectivity index (χ3n) is 2.57. The molecule has 0 radical (unpaired) electrons. The van der Waals surface area contributed by atoms with E-state index in [9.17, 15) is 0 Å². The van der Waals surface area contributed by atoms with Gasteiger partial charge in [-0.05, 0) is 38.4 Å². The van der Waals surface area contributed by atoms with Crippen LogP contribution in [0, 0.1) is 13.8 Å². The number of nitrogens with zero attached hydrogens (tertiary/aromatic N) is 1. The van der Waals surface area contributed by atoms with Crippen molar-refractivity contribution in [1.29, 1.82) is 0 Å². The standard InChI is InChI=1S/C13H23N3/c1-5-7-15-13-12(9-14-6-2)10(3)8-11(4)16-13/h8,14H,5-7,9H2,1-4H3,(H,15,16). The average Bonchev–Trinajstić information content (AvgIpc) is 2.24. The topological polar surface area (TPSA) is 37.0 Å². The zero-order chi connectivity index (χ0) is 12.0. The number of pyridine rings is 1. The summed E-state index contributed by atoms with van der Waals surface area (Å²) in [6.07, 6.45) is 1.12. The van der Waals surface area contributed by atoms with E-state index in [1.165, 1.54) is 11.1 Å². The number of aryl methyl sites for hydroxylation is 2. The molecule has 0 aliphatic carbocycles. The molecule has 3 nitrogen and oxygen atoms in total. The van der Waals surface area contributed by atoms with Gasteiger partial charge in [0.25, 0.3) is 0 Å². The summed E-state index contributed by atoms with van der Waals surface area (Å²) in [5.41, 5.74) is 3.68. The van der Waals surface area contributed by atoms with Crippen LogP contribution in [0.4, 0.5) is 5.82 Å². The maximum atomic E-state index is 4.57. The van der Waals surface area contributed by atoms with Crippen molar-refractivity contribution in [3.63, 3.8) is 0 Å². The lowest BCUT2D eigenvalue weighted by Crippen LogP contribution is -2.16. The van der Waals surface area contributed by atoms with E-state index in [1.54, 1.807) is 0 Å². The highest BCUT2D eigenvalue weighted by molar-refractivity contribution is 5.49. The van der Waals surface area contributed by atoms with Crippen molar-refractivity contribution < 1.29 is 0 Å². The van der Waals surface area contributed by atoms with Crippen LogP contribution in [0.2, 0.25) is 0 Å². The molecule has 0 atom stereocenters. The Hall–Kier alpha value is -1.09. The van der Waals surface area contributed by atoms with Gasteiger partial charge in [0.2, 0.25) is 0 Å². The van der Waals surface area contributed by atoms with E-state index >= 15 is 0 Å². The minimum atomic E-state index is 0.891. The number of rotatable bonds is 6. The first kappa shape index (κ1) is 13.0. The van der Waals surface area contributed by atoms with Gasteiger partial charge in [-0.15, -0.1) is 0 Å². The third-order valence-corrected chi connectivity index (χ3v) is 2.57. The largest absolute Gasteiger partial charge is 0.370 e. The Morgan fingerprint density at radius 2 is 2.00 bits per heavy atom. The molecule has 0 saturated carbocycles. The van der Waals surface area contributed by atoms with Crippen molar-refractivity contribution in [2.45, 2.75) is 40.7 Å². The van der Waals surface area contributed by atoms with Gasteiger partial charge in [-0.25, -0.2) is 4.98 Å². The maximum absolute atomic E-state index is 4.57. The van der Waals surface area contributed by atoms with Crippen LogP contribution in [-0.2, 0) is 6.54 Å². The molecule has 3 heteroatoms. The first-order valence-electron chi connectivity index (χ1n) is 6.10. The van der Waals surface area contributed by atoms with Gasteiger partial charge in [0.05, 0.1) is 0 Å². The van der Waals surface area contributed by atoms with Gasteiger partial charge in [-0.3, -0.25) is 0 Å². The van der Waals surface area contributed by atoms with Crippen LogP contribution in [0.1, 0.15) is 37.1 Å². The smallest absolute Gasteiger partial charge is 0.131 e. The number of aromatic nitrogens is 1. The Morgan fingerprint density at radius 1 is 1.25 bits per heavy atom. The quantitative estimate of drug-likeness (QED) is 0.775. The summed E-state index contributed by atoms with van der Waals surface area (Å²) >= 11 is 0. The molecular formula is C13H23N3. The van der Waals surface area contributed by atoms with Gasteiger partial charge in [-0.2, -0.15) is 0 Å². The first-order chi connectivity index (χ1) is 7.69. The summed E-state index contributed by atoms with van der Waals surface area (Å²) < 4.78 is 0. The molecular weight excluding hydrogens is 198 g/mol. The molecule has 0 spiro atoms. The Kier molecular flexibility index (Phi) is 5.26. The number of nitrogens with one attached hydrogen (secondary N) is 2. The van der Waals surface area contributed by atoms with Crippen LogP contribution in [0.3, 0.4) is 0 Å². The van der Waals surface area contributed by atoms with Gasteiger partial charge < -0.3 is 10.6 Å². The molecule has 2 N–H and O–H groups in total. The van der Waals surface area contributed by atoms with Gasteiger partial charge in [-0.1, -0.05) is 13.8 Å². The molecule has 0 unspecified atom stereocenters. The number of hydrogen-bond donors (Lipinski definition) is 2. The highest BCUT2D eigenvalue weighted by Crippen LogP contribution is 2.18. The molecule has 0 amide bonds. The summed E-state index contributed by atoms with van der Waals surface area (Å²) in [6, 6.07) is 2.14. The van der Waals surface area contributed by atoms with Crippen LogP contribution in [0.5, 0.6) is 0 Å². The maximum Gasteiger partial charge on any atom is 0.131 e. The first-order valence-corrected chi connectivity index (χ1v) is 6.10. The second-order valence-electron chi connectivity index (χ2n) is 4.11. The number of hydrogen-bond acceptors (Lipinski definition) is 3. The van der Waals surface area contributed by atoms with Crippen LogP contribution in [0.15, 0.2) is 6.07 Å². The minimum absolute atomic E-state index is 0.891. The normalized spacial score (nSPS) is 10.5. The molecule has 0 fully saturated rings. The fourth-order valence-electron chi connectivity index (χ4n) is 1.73. The molecule has 0 aliphatic heterocycles. The van der Waals surface area contributed by atoms with Crippen molar-refractivity contribution >= 4 is 5.82 Å². The average molecular weight is 221 g/mol. The minimum Gasteiger partial charge on any atom is -0.370 e. The third kappa shape index (κ3) is 3.49. The molecule has 16 heavy (non-hydrogen) atoms. The molecule has 1 heterocycles. The summed E-state index contributed by atoms with van der Waals surface area (Å²) in [4.78, 5) is 4.57. The van der Waals surface area contributed by atoms with E-state index in [2.05, 4.69) is 42.5 Å². The van der Waals surface area contributed by atoms with Gasteiger partial charge in [0.1, 0.15) is 5.82 Å². The van der Waals surface area contributed by atoms with E-state index in [0.29, 0.717) is 0 Å². The van der Waals surface area contributed by atoms with Crippen molar-refractivity contribution in [3.05, 3.63) is 22.9 Å². The Balaban J connectivity index is 2.91. The van der Waals surface area contributed by atoms with E-state index < -0.39 is 0 Å². The van der Waals surface area contributed by atoms with Crippen molar-refractivity contribution in [2.24, 2.45) is 0 Å². The highest BCUT2D eigenvalue weighted by atomic mass is 15.0. The van der Waals surface area contributed by atoms with Gasteiger partial charge in [0.15, 0.2) is 0 Å². The fraction of sp³-hybridized carbons (Fsp3) is 0.615. The second kappa shape index (κ2) is 6.48. The van der Waals surface area contributed by atoms with E-state index in [-0.39, 0.29) is 0 Å². The predicted octanol–water partition coefficient (Wildman–Crippen LogP) is 2.63. The van der Waals surface area contributed by atoms with Crippen LogP contribution in [-0.4, -0.2) is 18.1 Å². The lowest BCUT2D eigenvalue weighted by atomic mass is 10.1. The van der Waals surface area contributed by atoms with E-state index in [0.717, 1.165) is 37.6 Å². The lowest BCUT2D eigenvalue weighted by Gasteiger charge is -2.14. The number of anilines is 1. The summed E-state index contributed by atoms with van der Waals surface area (Å²) in [5, 5.41) is 6.76. The highest BCUT2D eigenvalue weighted by Gasteiger charge is 2.07. The molecule has 0 bridgehead atoms. The molecule has 1 rings (SSSR count). The van der Waals surface area contributed by atoms with Gasteiger partial charge in [0, 0.05) is 24.3 Å². The molecule has 1 aromatic rings. The van der Waals surface area contributed by atoms with Crippen LogP contribution < -0.4 is 10.6 Å². The summed E-state index contributed by atoms with van der Waals surface area (Å²) in [5.74, 6) is 1.04. The summed E-state index contributed by atoms with van der Waals surface area (Å²) in [7, 11) is 0. The Labute approximate surface area is 98.7 Å².